The van der Waals surface area contributed by atoms with Gasteiger partial charge in [-0.1, -0.05) is 9.39 Å². The van der Waals surface area contributed by atoms with Gasteiger partial charge in [0, 0.05) is 6.54 Å². The van der Waals surface area contributed by atoms with Gasteiger partial charge in [-0.25, -0.2) is 4.98 Å². The largest absolute Gasteiger partial charge is 0.334 e. The summed E-state index contributed by atoms with van der Waals surface area (Å²) in [6.45, 7) is 1.13. The fraction of sp³-hybridized carbons (Fsp3) is 0.571. The van der Waals surface area contributed by atoms with E-state index in [9.17, 15) is 0 Å². The summed E-state index contributed by atoms with van der Waals surface area (Å²) >= 11 is 6.76. The second kappa shape index (κ2) is 3.97. The van der Waals surface area contributed by atoms with E-state index < -0.39 is 0 Å². The molecule has 13 heavy (non-hydrogen) atoms. The van der Waals surface area contributed by atoms with E-state index in [1.807, 2.05) is 0 Å². The standard InChI is InChI=1S/C7H10Br2N3P/c8-5-6(9)11-7(10-5)4-2-1-3-12(4)13/h4H,1-3,13H2,(H,10,11)/t4-/m0/s1. The van der Waals surface area contributed by atoms with Crippen LogP contribution in [0.4, 0.5) is 0 Å². The van der Waals surface area contributed by atoms with Gasteiger partial charge in [-0.3, -0.25) is 4.67 Å². The van der Waals surface area contributed by atoms with Gasteiger partial charge in [0.05, 0.1) is 6.04 Å². The molecule has 0 aliphatic carbocycles. The molecule has 0 spiro atoms. The summed E-state index contributed by atoms with van der Waals surface area (Å²) in [4.78, 5) is 7.62. The molecule has 1 aliphatic rings. The van der Waals surface area contributed by atoms with Gasteiger partial charge in [-0.2, -0.15) is 0 Å². The maximum Gasteiger partial charge on any atom is 0.138 e. The topological polar surface area (TPSA) is 31.9 Å². The van der Waals surface area contributed by atoms with E-state index in [-0.39, 0.29) is 0 Å². The highest BCUT2D eigenvalue weighted by atomic mass is 79.9. The second-order valence-corrected chi connectivity index (χ2v) is 5.33. The van der Waals surface area contributed by atoms with Gasteiger partial charge in [0.25, 0.3) is 0 Å². The summed E-state index contributed by atoms with van der Waals surface area (Å²) in [6.07, 6.45) is 2.42. The van der Waals surface area contributed by atoms with Gasteiger partial charge >= 0.3 is 0 Å². The first kappa shape index (κ1) is 10.1. The lowest BCUT2D eigenvalue weighted by Gasteiger charge is -2.15. The summed E-state index contributed by atoms with van der Waals surface area (Å²) in [6, 6.07) is 0.424. The van der Waals surface area contributed by atoms with Crippen LogP contribution in [0, 0.1) is 0 Å². The van der Waals surface area contributed by atoms with Gasteiger partial charge in [0.15, 0.2) is 0 Å². The SMILES string of the molecule is PN1CCC[C@H]1c1nc(Br)c(Br)[nH]1. The molecule has 0 amide bonds. The minimum absolute atomic E-state index is 0.424. The van der Waals surface area contributed by atoms with Crippen molar-refractivity contribution in [3.63, 3.8) is 0 Å². The molecule has 2 atom stereocenters. The number of aromatic amines is 1. The molecule has 1 aromatic rings. The van der Waals surface area contributed by atoms with E-state index in [2.05, 4.69) is 55.9 Å². The van der Waals surface area contributed by atoms with Crippen molar-refractivity contribution in [2.75, 3.05) is 6.54 Å². The van der Waals surface area contributed by atoms with Crippen LogP contribution in [-0.2, 0) is 0 Å². The number of halogens is 2. The lowest BCUT2D eigenvalue weighted by molar-refractivity contribution is 0.433. The molecule has 0 radical (unpaired) electrons. The number of hydrogen-bond donors (Lipinski definition) is 1. The van der Waals surface area contributed by atoms with Crippen molar-refractivity contribution in [1.29, 1.82) is 0 Å². The number of hydrogen-bond acceptors (Lipinski definition) is 2. The third-order valence-electron chi connectivity index (χ3n) is 2.25. The first-order valence-electron chi connectivity index (χ1n) is 4.10. The Hall–Kier alpha value is 0.560. The first-order chi connectivity index (χ1) is 6.18. The maximum absolute atomic E-state index is 4.40. The molecule has 0 bridgehead atoms. The van der Waals surface area contributed by atoms with Crippen LogP contribution in [-0.4, -0.2) is 21.2 Å². The molecule has 2 heterocycles. The molecule has 1 fully saturated rings. The summed E-state index contributed by atoms with van der Waals surface area (Å²) in [5.74, 6) is 1.03. The zero-order valence-corrected chi connectivity index (χ0v) is 11.3. The minimum Gasteiger partial charge on any atom is -0.334 e. The van der Waals surface area contributed by atoms with Gasteiger partial charge < -0.3 is 4.98 Å². The fourth-order valence-corrected chi connectivity index (χ4v) is 2.64. The highest BCUT2D eigenvalue weighted by Gasteiger charge is 2.25. The second-order valence-electron chi connectivity index (χ2n) is 3.12. The quantitative estimate of drug-likeness (QED) is 0.805. The Bertz CT molecular complexity index is 295. The smallest absolute Gasteiger partial charge is 0.138 e. The van der Waals surface area contributed by atoms with Crippen LogP contribution >= 0.6 is 41.3 Å². The molecule has 6 heteroatoms. The third-order valence-corrected chi connectivity index (χ3v) is 4.55. The van der Waals surface area contributed by atoms with Crippen molar-refractivity contribution >= 4 is 41.3 Å². The van der Waals surface area contributed by atoms with Gasteiger partial charge in [0.1, 0.15) is 15.0 Å². The molecule has 72 valence electrons. The number of nitrogens with zero attached hydrogens (tertiary/aromatic N) is 2. The predicted octanol–water partition coefficient (Wildman–Crippen LogP) is 2.86. The monoisotopic (exact) mass is 325 g/mol. The average Bonchev–Trinajstić information content (AvgIpc) is 2.60. The van der Waals surface area contributed by atoms with E-state index in [0.717, 1.165) is 21.6 Å². The fourth-order valence-electron chi connectivity index (χ4n) is 1.59. The van der Waals surface area contributed by atoms with Crippen molar-refractivity contribution in [2.45, 2.75) is 18.9 Å². The summed E-state index contributed by atoms with van der Waals surface area (Å²) < 4.78 is 4.03. The Labute approximate surface area is 96.2 Å². The van der Waals surface area contributed by atoms with Crippen LogP contribution in [0.25, 0.3) is 0 Å². The molecule has 1 unspecified atom stereocenters. The lowest BCUT2D eigenvalue weighted by atomic mass is 10.2. The normalized spacial score (nSPS) is 24.1. The molecule has 1 aliphatic heterocycles. The van der Waals surface area contributed by atoms with E-state index >= 15 is 0 Å². The van der Waals surface area contributed by atoms with Crippen LogP contribution in [0.2, 0.25) is 0 Å². The molecule has 1 aromatic heterocycles. The molecular formula is C7H10Br2N3P. The first-order valence-corrected chi connectivity index (χ1v) is 6.21. The number of imidazole rings is 1. The zero-order chi connectivity index (χ0) is 9.42. The van der Waals surface area contributed by atoms with Crippen molar-refractivity contribution in [3.8, 4) is 0 Å². The minimum atomic E-state index is 0.424. The van der Waals surface area contributed by atoms with Crippen LogP contribution in [0.5, 0.6) is 0 Å². The van der Waals surface area contributed by atoms with Crippen LogP contribution < -0.4 is 0 Å². The Balaban J connectivity index is 2.24. The predicted molar refractivity (Wildman–Crippen MR) is 62.4 cm³/mol. The van der Waals surface area contributed by atoms with E-state index in [1.165, 1.54) is 12.8 Å². The van der Waals surface area contributed by atoms with E-state index in [4.69, 9.17) is 0 Å². The molecule has 1 saturated heterocycles. The van der Waals surface area contributed by atoms with Gasteiger partial charge in [0.2, 0.25) is 0 Å². The van der Waals surface area contributed by atoms with Gasteiger partial charge in [-0.15, -0.1) is 0 Å². The van der Waals surface area contributed by atoms with Crippen molar-refractivity contribution in [3.05, 3.63) is 15.0 Å². The molecule has 0 saturated carbocycles. The summed E-state index contributed by atoms with van der Waals surface area (Å²) in [5, 5.41) is 0. The van der Waals surface area contributed by atoms with E-state index in [0.29, 0.717) is 6.04 Å². The number of rotatable bonds is 1. The lowest BCUT2D eigenvalue weighted by Crippen LogP contribution is -2.12. The Morgan fingerprint density at radius 3 is 2.77 bits per heavy atom. The number of H-pyrrole nitrogens is 1. The van der Waals surface area contributed by atoms with Crippen LogP contribution in [0.1, 0.15) is 24.7 Å². The van der Waals surface area contributed by atoms with Crippen molar-refractivity contribution in [1.82, 2.24) is 14.6 Å². The van der Waals surface area contributed by atoms with Crippen molar-refractivity contribution in [2.24, 2.45) is 0 Å². The molecule has 0 aromatic carbocycles. The average molecular weight is 327 g/mol. The molecule has 2 rings (SSSR count). The third kappa shape index (κ3) is 1.99. The zero-order valence-electron chi connectivity index (χ0n) is 6.93. The summed E-state index contributed by atoms with van der Waals surface area (Å²) in [7, 11) is 2.75. The highest BCUT2D eigenvalue weighted by Crippen LogP contribution is 2.34. The summed E-state index contributed by atoms with van der Waals surface area (Å²) in [5.41, 5.74) is 0. The van der Waals surface area contributed by atoms with Crippen LogP contribution in [0.3, 0.4) is 0 Å². The Morgan fingerprint density at radius 2 is 2.31 bits per heavy atom. The molecule has 3 nitrogen and oxygen atoms in total. The van der Waals surface area contributed by atoms with Crippen LogP contribution in [0.15, 0.2) is 9.21 Å². The highest BCUT2D eigenvalue weighted by molar-refractivity contribution is 9.13. The Kier molecular flexibility index (Phi) is 3.08. The maximum atomic E-state index is 4.40. The van der Waals surface area contributed by atoms with E-state index in [1.54, 1.807) is 0 Å². The number of aromatic nitrogens is 2. The number of nitrogens with one attached hydrogen (secondary N) is 1. The molecule has 1 N–H and O–H groups in total. The Morgan fingerprint density at radius 1 is 1.54 bits per heavy atom. The van der Waals surface area contributed by atoms with Gasteiger partial charge in [-0.05, 0) is 44.7 Å². The molecular weight excluding hydrogens is 317 g/mol. The van der Waals surface area contributed by atoms with Crippen molar-refractivity contribution < 1.29 is 0 Å².